The van der Waals surface area contributed by atoms with Crippen molar-refractivity contribution in [2.45, 2.75) is 6.54 Å². The van der Waals surface area contributed by atoms with Gasteiger partial charge in [0.05, 0.1) is 0 Å². The minimum atomic E-state index is -1.13. The highest BCUT2D eigenvalue weighted by Gasteiger charge is 2.13. The molecule has 94 valence electrons. The number of carboxylic acid groups (broad SMARTS) is 1. The molecule has 0 radical (unpaired) electrons. The number of hydrogen-bond donors (Lipinski definition) is 2. The summed E-state index contributed by atoms with van der Waals surface area (Å²) in [5.41, 5.74) is -0.0360. The first kappa shape index (κ1) is 11.8. The second kappa shape index (κ2) is 4.70. The van der Waals surface area contributed by atoms with Crippen LogP contribution in [0.15, 0.2) is 24.5 Å². The van der Waals surface area contributed by atoms with E-state index in [2.05, 4.69) is 15.5 Å². The molecule has 1 amide bonds. The monoisotopic (exact) mass is 249 g/mol. The Kier molecular flexibility index (Phi) is 3.09. The van der Waals surface area contributed by atoms with Gasteiger partial charge in [-0.25, -0.2) is 9.48 Å². The molecular weight excluding hydrogens is 238 g/mol. The summed E-state index contributed by atoms with van der Waals surface area (Å²) in [6.07, 6.45) is 3.02. The van der Waals surface area contributed by atoms with Crippen molar-refractivity contribution >= 4 is 17.7 Å². The van der Waals surface area contributed by atoms with E-state index in [1.807, 2.05) is 0 Å². The molecule has 8 heteroatoms. The predicted molar refractivity (Wildman–Crippen MR) is 61.0 cm³/mol. The maximum absolute atomic E-state index is 11.6. The molecule has 2 heterocycles. The Morgan fingerprint density at radius 2 is 2.22 bits per heavy atom. The molecule has 0 saturated heterocycles. The molecule has 0 saturated carbocycles. The molecule has 2 rings (SSSR count). The second-order valence-corrected chi connectivity index (χ2v) is 3.60. The standard InChI is InChI=1S/C10H11N5O3/c1-14-5-3-8(13-14)12-9(16)6-15-7(10(17)18)2-4-11-15/h2-5H,6H2,1H3,(H,17,18)(H,12,13,16). The first-order valence-electron chi connectivity index (χ1n) is 5.11. The molecule has 2 aromatic rings. The van der Waals surface area contributed by atoms with E-state index in [1.54, 1.807) is 24.0 Å². The van der Waals surface area contributed by atoms with Gasteiger partial charge in [0.2, 0.25) is 5.91 Å². The number of aryl methyl sites for hydroxylation is 1. The van der Waals surface area contributed by atoms with Crippen LogP contribution in [-0.2, 0) is 18.4 Å². The van der Waals surface area contributed by atoms with Gasteiger partial charge in [0.25, 0.3) is 0 Å². The number of amides is 1. The summed E-state index contributed by atoms with van der Waals surface area (Å²) in [5.74, 6) is -1.11. The smallest absolute Gasteiger partial charge is 0.354 e. The third kappa shape index (κ3) is 2.54. The largest absolute Gasteiger partial charge is 0.477 e. The summed E-state index contributed by atoms with van der Waals surface area (Å²) in [7, 11) is 1.73. The lowest BCUT2D eigenvalue weighted by molar-refractivity contribution is -0.116. The van der Waals surface area contributed by atoms with E-state index in [-0.39, 0.29) is 18.1 Å². The zero-order valence-corrected chi connectivity index (χ0v) is 9.57. The van der Waals surface area contributed by atoms with Gasteiger partial charge < -0.3 is 10.4 Å². The van der Waals surface area contributed by atoms with E-state index in [1.165, 1.54) is 12.3 Å². The fourth-order valence-corrected chi connectivity index (χ4v) is 1.44. The van der Waals surface area contributed by atoms with Gasteiger partial charge in [-0.2, -0.15) is 10.2 Å². The molecule has 0 bridgehead atoms. The van der Waals surface area contributed by atoms with Crippen molar-refractivity contribution < 1.29 is 14.7 Å². The molecular formula is C10H11N5O3. The number of nitrogens with zero attached hydrogens (tertiary/aromatic N) is 4. The van der Waals surface area contributed by atoms with Gasteiger partial charge in [-0.1, -0.05) is 0 Å². The lowest BCUT2D eigenvalue weighted by atomic mass is 10.4. The van der Waals surface area contributed by atoms with Crippen LogP contribution in [0.25, 0.3) is 0 Å². The number of carboxylic acids is 1. The molecule has 0 aliphatic rings. The first-order chi connectivity index (χ1) is 8.56. The fourth-order valence-electron chi connectivity index (χ4n) is 1.44. The van der Waals surface area contributed by atoms with Crippen LogP contribution >= 0.6 is 0 Å². The summed E-state index contributed by atoms with van der Waals surface area (Å²) >= 11 is 0. The van der Waals surface area contributed by atoms with Gasteiger partial charge in [-0.3, -0.25) is 9.48 Å². The average molecular weight is 249 g/mol. The van der Waals surface area contributed by atoms with E-state index in [4.69, 9.17) is 5.11 Å². The average Bonchev–Trinajstić information content (AvgIpc) is 2.87. The van der Waals surface area contributed by atoms with Gasteiger partial charge in [-0.15, -0.1) is 0 Å². The maximum atomic E-state index is 11.6. The maximum Gasteiger partial charge on any atom is 0.354 e. The summed E-state index contributed by atoms with van der Waals surface area (Å²) in [4.78, 5) is 22.5. The van der Waals surface area contributed by atoms with Gasteiger partial charge in [-0.05, 0) is 6.07 Å². The second-order valence-electron chi connectivity index (χ2n) is 3.60. The van der Waals surface area contributed by atoms with Crippen LogP contribution in [0, 0.1) is 0 Å². The summed E-state index contributed by atoms with van der Waals surface area (Å²) in [5, 5.41) is 19.1. The molecule has 0 aliphatic heterocycles. The van der Waals surface area contributed by atoms with Crippen LogP contribution < -0.4 is 5.32 Å². The van der Waals surface area contributed by atoms with E-state index >= 15 is 0 Å². The number of anilines is 1. The summed E-state index contributed by atoms with van der Waals surface area (Å²) < 4.78 is 2.66. The molecule has 0 spiro atoms. The fraction of sp³-hybridized carbons (Fsp3) is 0.200. The van der Waals surface area contributed by atoms with Crippen LogP contribution in [0.5, 0.6) is 0 Å². The molecule has 8 nitrogen and oxygen atoms in total. The number of aromatic carboxylic acids is 1. The van der Waals surface area contributed by atoms with E-state index in [9.17, 15) is 9.59 Å². The predicted octanol–water partition coefficient (Wildman–Crippen LogP) is -0.0465. The first-order valence-corrected chi connectivity index (χ1v) is 5.11. The molecule has 0 atom stereocenters. The van der Waals surface area contributed by atoms with Gasteiger partial charge in [0, 0.05) is 25.5 Å². The lowest BCUT2D eigenvalue weighted by Crippen LogP contribution is -2.22. The highest BCUT2D eigenvalue weighted by atomic mass is 16.4. The topological polar surface area (TPSA) is 102 Å². The molecule has 0 unspecified atom stereocenters. The van der Waals surface area contributed by atoms with Crippen molar-refractivity contribution in [1.82, 2.24) is 19.6 Å². The van der Waals surface area contributed by atoms with Gasteiger partial charge in [0.1, 0.15) is 12.2 Å². The summed E-state index contributed by atoms with van der Waals surface area (Å²) in [6.45, 7) is -0.175. The third-order valence-electron chi connectivity index (χ3n) is 2.21. The number of carbonyl (C=O) groups excluding carboxylic acids is 1. The van der Waals surface area contributed by atoms with Crippen molar-refractivity contribution in [2.75, 3.05) is 5.32 Å². The molecule has 0 aromatic carbocycles. The van der Waals surface area contributed by atoms with Crippen molar-refractivity contribution in [3.8, 4) is 0 Å². The zero-order chi connectivity index (χ0) is 13.1. The van der Waals surface area contributed by atoms with Crippen LogP contribution in [0.3, 0.4) is 0 Å². The highest BCUT2D eigenvalue weighted by Crippen LogP contribution is 2.03. The SMILES string of the molecule is Cn1ccc(NC(=O)Cn2nccc2C(=O)O)n1. The third-order valence-corrected chi connectivity index (χ3v) is 2.21. The Morgan fingerprint density at radius 3 is 2.83 bits per heavy atom. The van der Waals surface area contributed by atoms with Crippen molar-refractivity contribution in [3.63, 3.8) is 0 Å². The number of rotatable bonds is 4. The molecule has 0 aliphatic carbocycles. The number of carbonyl (C=O) groups is 2. The highest BCUT2D eigenvalue weighted by molar-refractivity contribution is 5.91. The Morgan fingerprint density at radius 1 is 1.44 bits per heavy atom. The Hall–Kier alpha value is -2.64. The normalized spacial score (nSPS) is 10.3. The molecule has 2 aromatic heterocycles. The van der Waals surface area contributed by atoms with Crippen LogP contribution in [0.1, 0.15) is 10.5 Å². The zero-order valence-electron chi connectivity index (χ0n) is 9.57. The molecule has 0 fully saturated rings. The molecule has 18 heavy (non-hydrogen) atoms. The van der Waals surface area contributed by atoms with E-state index in [0.717, 1.165) is 4.68 Å². The summed E-state index contributed by atoms with van der Waals surface area (Å²) in [6, 6.07) is 2.97. The van der Waals surface area contributed by atoms with Crippen molar-refractivity contribution in [2.24, 2.45) is 7.05 Å². The number of nitrogens with one attached hydrogen (secondary N) is 1. The quantitative estimate of drug-likeness (QED) is 0.791. The Balaban J connectivity index is 2.03. The minimum absolute atomic E-state index is 0.0360. The Bertz CT molecular complexity index is 586. The van der Waals surface area contributed by atoms with Crippen molar-refractivity contribution in [3.05, 3.63) is 30.2 Å². The van der Waals surface area contributed by atoms with Crippen molar-refractivity contribution in [1.29, 1.82) is 0 Å². The van der Waals surface area contributed by atoms with Crippen LogP contribution in [-0.4, -0.2) is 36.5 Å². The van der Waals surface area contributed by atoms with Gasteiger partial charge >= 0.3 is 5.97 Å². The minimum Gasteiger partial charge on any atom is -0.477 e. The van der Waals surface area contributed by atoms with E-state index < -0.39 is 5.97 Å². The van der Waals surface area contributed by atoms with E-state index in [0.29, 0.717) is 5.82 Å². The van der Waals surface area contributed by atoms with Crippen LogP contribution in [0.4, 0.5) is 5.82 Å². The number of hydrogen-bond acceptors (Lipinski definition) is 4. The Labute approximate surface area is 102 Å². The number of aromatic nitrogens is 4. The van der Waals surface area contributed by atoms with Gasteiger partial charge in [0.15, 0.2) is 5.82 Å². The van der Waals surface area contributed by atoms with Crippen LogP contribution in [0.2, 0.25) is 0 Å². The lowest BCUT2D eigenvalue weighted by Gasteiger charge is -2.04. The molecule has 2 N–H and O–H groups in total.